The third-order valence-electron chi connectivity index (χ3n) is 2.01. The van der Waals surface area contributed by atoms with Crippen molar-refractivity contribution in [1.29, 1.82) is 0 Å². The number of hydrogen-bond donors (Lipinski definition) is 1. The lowest BCUT2D eigenvalue weighted by Gasteiger charge is -2.06. The molecule has 0 bridgehead atoms. The van der Waals surface area contributed by atoms with Gasteiger partial charge in [0, 0.05) is 0 Å². The van der Waals surface area contributed by atoms with Crippen LogP contribution < -0.4 is 5.32 Å². The number of nitrogens with one attached hydrogen (secondary N) is 1. The van der Waals surface area contributed by atoms with E-state index in [0.29, 0.717) is 18.2 Å². The van der Waals surface area contributed by atoms with Gasteiger partial charge in [-0.1, -0.05) is 19.8 Å². The monoisotopic (exact) mass is 251 g/mol. The summed E-state index contributed by atoms with van der Waals surface area (Å²) in [5.41, 5.74) is 0. The van der Waals surface area contributed by atoms with Crippen LogP contribution in [0.5, 0.6) is 0 Å². The first kappa shape index (κ1) is 12.5. The Labute approximate surface area is 92.9 Å². The van der Waals surface area contributed by atoms with Crippen molar-refractivity contribution in [2.45, 2.75) is 30.8 Å². The van der Waals surface area contributed by atoms with Crippen molar-refractivity contribution in [3.8, 4) is 0 Å². The Morgan fingerprint density at radius 2 is 2.00 bits per heavy atom. The average molecular weight is 251 g/mol. The molecule has 1 aliphatic rings. The van der Waals surface area contributed by atoms with E-state index in [9.17, 15) is 18.0 Å². The molecule has 1 rings (SSSR count). The van der Waals surface area contributed by atoms with Crippen LogP contribution >= 0.6 is 11.8 Å². The topological polar surface area (TPSA) is 80.3 Å². The van der Waals surface area contributed by atoms with Gasteiger partial charge in [0.25, 0.3) is 11.1 Å². The summed E-state index contributed by atoms with van der Waals surface area (Å²) in [7, 11) is -3.48. The van der Waals surface area contributed by atoms with Crippen molar-refractivity contribution in [1.82, 2.24) is 5.32 Å². The zero-order chi connectivity index (χ0) is 11.5. The summed E-state index contributed by atoms with van der Waals surface area (Å²) in [4.78, 5) is 21.9. The third-order valence-corrected chi connectivity index (χ3v) is 5.65. The number of carbonyl (C=O) groups excluding carboxylic acids is 2. The van der Waals surface area contributed by atoms with Crippen LogP contribution in [0.2, 0.25) is 0 Å². The van der Waals surface area contributed by atoms with Crippen LogP contribution in [-0.4, -0.2) is 29.9 Å². The largest absolute Gasteiger partial charge is 0.287 e. The van der Waals surface area contributed by atoms with E-state index in [1.807, 2.05) is 12.2 Å². The molecule has 0 spiro atoms. The van der Waals surface area contributed by atoms with Crippen molar-refractivity contribution in [3.05, 3.63) is 0 Å². The first-order valence-corrected chi connectivity index (χ1v) is 7.30. The summed E-state index contributed by atoms with van der Waals surface area (Å²) < 4.78 is 22.0. The predicted octanol–water partition coefficient (Wildman–Crippen LogP) is 0.900. The van der Waals surface area contributed by atoms with Crippen LogP contribution in [0.25, 0.3) is 0 Å². The highest BCUT2D eigenvalue weighted by Crippen LogP contribution is 2.25. The number of rotatable bonds is 5. The number of sulfone groups is 1. The summed E-state index contributed by atoms with van der Waals surface area (Å²) in [6.07, 6.45) is 2.27. The van der Waals surface area contributed by atoms with Crippen molar-refractivity contribution in [2.24, 2.45) is 0 Å². The van der Waals surface area contributed by atoms with Crippen molar-refractivity contribution in [2.75, 3.05) is 5.75 Å². The van der Waals surface area contributed by atoms with Gasteiger partial charge in [-0.2, -0.15) is 0 Å². The van der Waals surface area contributed by atoms with E-state index in [2.05, 4.69) is 0 Å². The van der Waals surface area contributed by atoms with Gasteiger partial charge >= 0.3 is 0 Å². The highest BCUT2D eigenvalue weighted by molar-refractivity contribution is 8.24. The fourth-order valence-corrected chi connectivity index (χ4v) is 4.10. The van der Waals surface area contributed by atoms with E-state index in [-0.39, 0.29) is 5.75 Å². The van der Waals surface area contributed by atoms with Crippen LogP contribution in [0.4, 0.5) is 4.79 Å². The maximum Gasteiger partial charge on any atom is 0.287 e. The fourth-order valence-electron chi connectivity index (χ4n) is 1.24. The lowest BCUT2D eigenvalue weighted by Crippen LogP contribution is -2.31. The minimum atomic E-state index is -3.48. The molecule has 0 aromatic rings. The molecular formula is C8H13NO4S2. The summed E-state index contributed by atoms with van der Waals surface area (Å²) in [5.74, 6) is -0.736. The summed E-state index contributed by atoms with van der Waals surface area (Å²) in [6, 6.07) is 0. The highest BCUT2D eigenvalue weighted by Gasteiger charge is 2.41. The van der Waals surface area contributed by atoms with Crippen molar-refractivity contribution >= 4 is 32.7 Å². The summed E-state index contributed by atoms with van der Waals surface area (Å²) in [5, 5.41) is 1.39. The molecule has 1 saturated heterocycles. The number of unbranched alkanes of at least 4 members (excludes halogenated alkanes) is 2. The first-order valence-electron chi connectivity index (χ1n) is 4.70. The maximum atomic E-state index is 11.6. The molecule has 5 nitrogen and oxygen atoms in total. The minimum absolute atomic E-state index is 0.0286. The number of carbonyl (C=O) groups is 2. The molecule has 1 heterocycles. The lowest BCUT2D eigenvalue weighted by molar-refractivity contribution is -0.117. The molecule has 1 N–H and O–H groups in total. The summed E-state index contributed by atoms with van der Waals surface area (Å²) >= 11 is 0.551. The van der Waals surface area contributed by atoms with E-state index in [1.165, 1.54) is 0 Å². The van der Waals surface area contributed by atoms with Crippen LogP contribution in [-0.2, 0) is 14.6 Å². The van der Waals surface area contributed by atoms with Crippen LogP contribution in [0, 0.1) is 0 Å². The van der Waals surface area contributed by atoms with Gasteiger partial charge in [0.05, 0.1) is 5.75 Å². The van der Waals surface area contributed by atoms with Gasteiger partial charge in [0.2, 0.25) is 0 Å². The van der Waals surface area contributed by atoms with Gasteiger partial charge in [-0.15, -0.1) is 0 Å². The maximum absolute atomic E-state index is 11.6. The average Bonchev–Trinajstić information content (AvgIpc) is 2.46. The molecule has 1 unspecified atom stereocenters. The number of imide groups is 1. The van der Waals surface area contributed by atoms with E-state index in [0.717, 1.165) is 12.8 Å². The number of hydrogen-bond acceptors (Lipinski definition) is 5. The van der Waals surface area contributed by atoms with Gasteiger partial charge in [-0.25, -0.2) is 8.42 Å². The van der Waals surface area contributed by atoms with Crippen LogP contribution in [0.1, 0.15) is 26.2 Å². The molecule has 7 heteroatoms. The second kappa shape index (κ2) is 4.98. The summed E-state index contributed by atoms with van der Waals surface area (Å²) in [6.45, 7) is 1.97. The molecule has 0 aromatic carbocycles. The highest BCUT2D eigenvalue weighted by atomic mass is 32.3. The lowest BCUT2D eigenvalue weighted by atomic mass is 10.3. The smallest absolute Gasteiger partial charge is 0.285 e. The molecule has 0 aromatic heterocycles. The zero-order valence-corrected chi connectivity index (χ0v) is 9.99. The quantitative estimate of drug-likeness (QED) is 0.734. The Kier molecular flexibility index (Phi) is 4.15. The molecule has 0 radical (unpaired) electrons. The van der Waals surface area contributed by atoms with E-state index >= 15 is 0 Å². The van der Waals surface area contributed by atoms with Crippen LogP contribution in [0.3, 0.4) is 0 Å². The molecule has 1 atom stereocenters. The molecule has 1 aliphatic heterocycles. The molecule has 86 valence electrons. The SMILES string of the molecule is CCCCCS(=O)(=O)C1SC(=O)NC1=O. The molecule has 1 fully saturated rings. The number of amides is 2. The van der Waals surface area contributed by atoms with Crippen LogP contribution in [0.15, 0.2) is 0 Å². The van der Waals surface area contributed by atoms with E-state index in [1.54, 1.807) is 0 Å². The Morgan fingerprint density at radius 3 is 2.47 bits per heavy atom. The van der Waals surface area contributed by atoms with E-state index < -0.39 is 25.6 Å². The van der Waals surface area contributed by atoms with Gasteiger partial charge in [0.1, 0.15) is 0 Å². The van der Waals surface area contributed by atoms with Gasteiger partial charge in [-0.05, 0) is 18.2 Å². The molecule has 2 amide bonds. The molecule has 0 aliphatic carbocycles. The second-order valence-corrected chi connectivity index (χ2v) is 6.88. The second-order valence-electron chi connectivity index (χ2n) is 3.30. The van der Waals surface area contributed by atoms with Gasteiger partial charge < -0.3 is 0 Å². The Bertz CT molecular complexity index is 363. The Balaban J connectivity index is 2.62. The molecular weight excluding hydrogens is 238 g/mol. The number of thioether (sulfide) groups is 1. The van der Waals surface area contributed by atoms with E-state index in [4.69, 9.17) is 0 Å². The van der Waals surface area contributed by atoms with Crippen molar-refractivity contribution in [3.63, 3.8) is 0 Å². The first-order chi connectivity index (χ1) is 6.97. The Hall–Kier alpha value is -0.560. The standard InChI is InChI=1S/C8H13NO4S2/c1-2-3-4-5-15(12,13)7-6(10)9-8(11)14-7/h7H,2-5H2,1H3,(H,9,10,11). The van der Waals surface area contributed by atoms with Crippen molar-refractivity contribution < 1.29 is 18.0 Å². The minimum Gasteiger partial charge on any atom is -0.285 e. The Morgan fingerprint density at radius 1 is 1.33 bits per heavy atom. The third kappa shape index (κ3) is 3.20. The predicted molar refractivity (Wildman–Crippen MR) is 58.2 cm³/mol. The van der Waals surface area contributed by atoms with Gasteiger partial charge in [-0.3, -0.25) is 14.9 Å². The molecule has 15 heavy (non-hydrogen) atoms. The molecule has 0 saturated carbocycles. The fraction of sp³-hybridized carbons (Fsp3) is 0.750. The normalized spacial score (nSPS) is 21.8. The zero-order valence-electron chi connectivity index (χ0n) is 8.36. The van der Waals surface area contributed by atoms with Gasteiger partial charge in [0.15, 0.2) is 14.4 Å².